The summed E-state index contributed by atoms with van der Waals surface area (Å²) in [6, 6.07) is 14.6. The van der Waals surface area contributed by atoms with Crippen LogP contribution in [0.4, 0.5) is 0 Å². The van der Waals surface area contributed by atoms with E-state index in [1.165, 1.54) is 22.1 Å². The molecule has 3 heteroatoms. The highest BCUT2D eigenvalue weighted by Crippen LogP contribution is 2.30. The van der Waals surface area contributed by atoms with E-state index in [1.54, 1.807) is 0 Å². The van der Waals surface area contributed by atoms with Crippen molar-refractivity contribution >= 4 is 22.4 Å². The first-order valence-corrected chi connectivity index (χ1v) is 7.34. The molecule has 3 rings (SSSR count). The first-order valence-electron chi connectivity index (χ1n) is 6.96. The molecule has 0 aliphatic rings. The summed E-state index contributed by atoms with van der Waals surface area (Å²) in [7, 11) is 1.97. The molecule has 21 heavy (non-hydrogen) atoms. The topological polar surface area (TPSA) is 24.9 Å². The third-order valence-electron chi connectivity index (χ3n) is 3.71. The summed E-state index contributed by atoms with van der Waals surface area (Å²) >= 11 is 6.22. The number of halogens is 1. The maximum atomic E-state index is 6.22. The molecule has 1 N–H and O–H groups in total. The highest BCUT2D eigenvalue weighted by molar-refractivity contribution is 6.30. The van der Waals surface area contributed by atoms with Crippen molar-refractivity contribution in [3.63, 3.8) is 0 Å². The fourth-order valence-corrected chi connectivity index (χ4v) is 3.13. The summed E-state index contributed by atoms with van der Waals surface area (Å²) in [5.41, 5.74) is 3.57. The molecule has 2 aromatic carbocycles. The third-order valence-corrected chi connectivity index (χ3v) is 3.93. The zero-order valence-corrected chi connectivity index (χ0v) is 12.9. The summed E-state index contributed by atoms with van der Waals surface area (Å²) in [5, 5.41) is 6.53. The fraction of sp³-hybridized carbons (Fsp3) is 0.167. The number of nitrogens with zero attached hydrogens (tertiary/aromatic N) is 1. The fourth-order valence-electron chi connectivity index (χ4n) is 2.83. The van der Waals surface area contributed by atoms with Crippen LogP contribution in [-0.2, 0) is 0 Å². The molecule has 2 nitrogen and oxygen atoms in total. The van der Waals surface area contributed by atoms with Gasteiger partial charge in [-0.1, -0.05) is 35.9 Å². The number of fused-ring (bicyclic) bond motifs is 1. The van der Waals surface area contributed by atoms with Crippen LogP contribution in [0.2, 0.25) is 5.02 Å². The van der Waals surface area contributed by atoms with E-state index in [-0.39, 0.29) is 6.04 Å². The zero-order chi connectivity index (χ0) is 14.8. The number of rotatable bonds is 3. The second-order valence-electron chi connectivity index (χ2n) is 5.23. The first-order chi connectivity index (χ1) is 10.2. The highest BCUT2D eigenvalue weighted by atomic mass is 35.5. The van der Waals surface area contributed by atoms with Gasteiger partial charge >= 0.3 is 0 Å². The maximum absolute atomic E-state index is 6.22. The SMILES string of the molecule is CNC(c1cc(C)cc(Cl)c1)c1cccc2cnccc12. The van der Waals surface area contributed by atoms with E-state index in [9.17, 15) is 0 Å². The van der Waals surface area contributed by atoms with Crippen molar-refractivity contribution in [2.24, 2.45) is 0 Å². The minimum Gasteiger partial charge on any atom is -0.309 e. The van der Waals surface area contributed by atoms with Gasteiger partial charge in [-0.25, -0.2) is 0 Å². The predicted molar refractivity (Wildman–Crippen MR) is 88.8 cm³/mol. The van der Waals surface area contributed by atoms with Crippen LogP contribution in [0.15, 0.2) is 54.9 Å². The molecule has 106 valence electrons. The first kappa shape index (κ1) is 14.1. The molecule has 1 heterocycles. The molecule has 1 atom stereocenters. The van der Waals surface area contributed by atoms with E-state index in [0.717, 1.165) is 10.4 Å². The molecule has 0 saturated carbocycles. The Labute approximate surface area is 129 Å². The molecule has 3 aromatic rings. The molecule has 0 radical (unpaired) electrons. The Morgan fingerprint density at radius 1 is 1.14 bits per heavy atom. The molecule has 0 amide bonds. The van der Waals surface area contributed by atoms with Crippen LogP contribution >= 0.6 is 11.6 Å². The van der Waals surface area contributed by atoms with E-state index < -0.39 is 0 Å². The van der Waals surface area contributed by atoms with Crippen molar-refractivity contribution in [1.82, 2.24) is 10.3 Å². The van der Waals surface area contributed by atoms with Crippen molar-refractivity contribution in [1.29, 1.82) is 0 Å². The molecule has 0 aliphatic heterocycles. The van der Waals surface area contributed by atoms with Crippen LogP contribution in [0, 0.1) is 6.92 Å². The Morgan fingerprint density at radius 2 is 2.00 bits per heavy atom. The molecule has 0 bridgehead atoms. The van der Waals surface area contributed by atoms with Crippen molar-refractivity contribution < 1.29 is 0 Å². The molecule has 0 aliphatic carbocycles. The number of aromatic nitrogens is 1. The van der Waals surface area contributed by atoms with Crippen molar-refractivity contribution in [2.45, 2.75) is 13.0 Å². The molecular formula is C18H17ClN2. The lowest BCUT2D eigenvalue weighted by Crippen LogP contribution is -2.18. The van der Waals surface area contributed by atoms with Gasteiger partial charge in [-0.2, -0.15) is 0 Å². The van der Waals surface area contributed by atoms with Gasteiger partial charge in [0.05, 0.1) is 6.04 Å². The Bertz CT molecular complexity index is 758. The van der Waals surface area contributed by atoms with Crippen molar-refractivity contribution in [3.8, 4) is 0 Å². The Balaban J connectivity index is 2.18. The second-order valence-corrected chi connectivity index (χ2v) is 5.66. The van der Waals surface area contributed by atoms with Gasteiger partial charge in [0.2, 0.25) is 0 Å². The standard InChI is InChI=1S/C18H17ClN2/c1-12-8-14(10-15(19)9-12)18(20-2)17-5-3-4-13-11-21-7-6-16(13)17/h3-11,18,20H,1-2H3. The maximum Gasteiger partial charge on any atom is 0.0581 e. The van der Waals surface area contributed by atoms with Crippen LogP contribution in [0.5, 0.6) is 0 Å². The second kappa shape index (κ2) is 5.84. The van der Waals surface area contributed by atoms with Gasteiger partial charge in [0, 0.05) is 22.8 Å². The third kappa shape index (κ3) is 2.78. The van der Waals surface area contributed by atoms with Gasteiger partial charge < -0.3 is 5.32 Å². The number of aryl methyl sites for hydroxylation is 1. The lowest BCUT2D eigenvalue weighted by Gasteiger charge is -2.20. The zero-order valence-electron chi connectivity index (χ0n) is 12.1. The van der Waals surface area contributed by atoms with Gasteiger partial charge in [-0.3, -0.25) is 4.98 Å². The van der Waals surface area contributed by atoms with E-state index in [0.29, 0.717) is 0 Å². The lowest BCUT2D eigenvalue weighted by atomic mass is 9.94. The molecule has 0 saturated heterocycles. The van der Waals surface area contributed by atoms with E-state index >= 15 is 0 Å². The average molecular weight is 297 g/mol. The van der Waals surface area contributed by atoms with E-state index in [2.05, 4.69) is 47.6 Å². The summed E-state index contributed by atoms with van der Waals surface area (Å²) in [6.07, 6.45) is 3.73. The van der Waals surface area contributed by atoms with Crippen molar-refractivity contribution in [3.05, 3.63) is 76.6 Å². The van der Waals surface area contributed by atoms with Gasteiger partial charge in [0.15, 0.2) is 0 Å². The Kier molecular flexibility index (Phi) is 3.91. The molecule has 0 spiro atoms. The van der Waals surface area contributed by atoms with Gasteiger partial charge in [0.25, 0.3) is 0 Å². The lowest BCUT2D eigenvalue weighted by molar-refractivity contribution is 0.696. The smallest absolute Gasteiger partial charge is 0.0581 e. The summed E-state index contributed by atoms with van der Waals surface area (Å²) in [6.45, 7) is 2.06. The minimum atomic E-state index is 0.105. The number of hydrogen-bond acceptors (Lipinski definition) is 2. The minimum absolute atomic E-state index is 0.105. The number of pyridine rings is 1. The number of hydrogen-bond donors (Lipinski definition) is 1. The quantitative estimate of drug-likeness (QED) is 0.769. The summed E-state index contributed by atoms with van der Waals surface area (Å²) in [4.78, 5) is 4.20. The summed E-state index contributed by atoms with van der Waals surface area (Å²) < 4.78 is 0. The van der Waals surface area contributed by atoms with Crippen LogP contribution in [0.25, 0.3) is 10.8 Å². The predicted octanol–water partition coefficient (Wildman–Crippen LogP) is 4.51. The number of nitrogens with one attached hydrogen (secondary N) is 1. The average Bonchev–Trinajstić information content (AvgIpc) is 2.47. The number of benzene rings is 2. The van der Waals surface area contributed by atoms with Crippen LogP contribution in [-0.4, -0.2) is 12.0 Å². The highest BCUT2D eigenvalue weighted by Gasteiger charge is 2.15. The monoisotopic (exact) mass is 296 g/mol. The van der Waals surface area contributed by atoms with E-state index in [4.69, 9.17) is 11.6 Å². The van der Waals surface area contributed by atoms with Gasteiger partial charge in [-0.15, -0.1) is 0 Å². The molecule has 0 fully saturated rings. The Hall–Kier alpha value is -1.90. The largest absolute Gasteiger partial charge is 0.309 e. The summed E-state index contributed by atoms with van der Waals surface area (Å²) in [5.74, 6) is 0. The van der Waals surface area contributed by atoms with Gasteiger partial charge in [-0.05, 0) is 54.2 Å². The molecular weight excluding hydrogens is 280 g/mol. The van der Waals surface area contributed by atoms with Crippen LogP contribution in [0.3, 0.4) is 0 Å². The van der Waals surface area contributed by atoms with Crippen LogP contribution in [0.1, 0.15) is 22.7 Å². The Morgan fingerprint density at radius 3 is 2.76 bits per heavy atom. The van der Waals surface area contributed by atoms with E-state index in [1.807, 2.05) is 31.6 Å². The molecule has 1 unspecified atom stereocenters. The normalized spacial score (nSPS) is 12.5. The van der Waals surface area contributed by atoms with Crippen molar-refractivity contribution in [2.75, 3.05) is 7.05 Å². The van der Waals surface area contributed by atoms with Gasteiger partial charge in [0.1, 0.15) is 0 Å². The van der Waals surface area contributed by atoms with Crippen LogP contribution < -0.4 is 5.32 Å². The molecule has 1 aromatic heterocycles.